The van der Waals surface area contributed by atoms with Crippen LogP contribution >= 0.6 is 0 Å². The second kappa shape index (κ2) is 5.06. The lowest BCUT2D eigenvalue weighted by Crippen LogP contribution is -2.24. The van der Waals surface area contributed by atoms with E-state index >= 15 is 0 Å². The Morgan fingerprint density at radius 1 is 1.19 bits per heavy atom. The van der Waals surface area contributed by atoms with Gasteiger partial charge in [-0.3, -0.25) is 0 Å². The molecule has 2 aromatic carbocycles. The summed E-state index contributed by atoms with van der Waals surface area (Å²) in [7, 11) is 0. The summed E-state index contributed by atoms with van der Waals surface area (Å²) in [5.74, 6) is 0.789. The first-order valence-electron chi connectivity index (χ1n) is 7.24. The molecular formula is C18H20FNO. The number of fused-ring (bicyclic) bond motifs is 1. The summed E-state index contributed by atoms with van der Waals surface area (Å²) < 4.78 is 19.0. The smallest absolute Gasteiger partial charge is 0.123 e. The van der Waals surface area contributed by atoms with E-state index in [0.717, 1.165) is 30.0 Å². The van der Waals surface area contributed by atoms with Gasteiger partial charge in [0.25, 0.3) is 0 Å². The van der Waals surface area contributed by atoms with Crippen molar-refractivity contribution in [1.82, 2.24) is 0 Å². The third-order valence-electron chi connectivity index (χ3n) is 3.80. The van der Waals surface area contributed by atoms with E-state index in [-0.39, 0.29) is 11.4 Å². The summed E-state index contributed by atoms with van der Waals surface area (Å²) in [5.41, 5.74) is 4.24. The van der Waals surface area contributed by atoms with Crippen molar-refractivity contribution in [3.63, 3.8) is 0 Å². The van der Waals surface area contributed by atoms with E-state index < -0.39 is 0 Å². The van der Waals surface area contributed by atoms with Crippen molar-refractivity contribution in [3.8, 4) is 5.75 Å². The number of nitrogens with one attached hydrogen (secondary N) is 1. The summed E-state index contributed by atoms with van der Waals surface area (Å²) >= 11 is 0. The van der Waals surface area contributed by atoms with Crippen molar-refractivity contribution >= 4 is 5.69 Å². The van der Waals surface area contributed by atoms with Crippen LogP contribution in [0.3, 0.4) is 0 Å². The molecule has 0 spiro atoms. The predicted octanol–water partition coefficient (Wildman–Crippen LogP) is 4.46. The van der Waals surface area contributed by atoms with Crippen LogP contribution in [-0.2, 0) is 13.0 Å². The number of rotatable bonds is 3. The highest BCUT2D eigenvalue weighted by atomic mass is 19.1. The minimum atomic E-state index is -0.199. The van der Waals surface area contributed by atoms with Gasteiger partial charge in [0.05, 0.1) is 0 Å². The van der Waals surface area contributed by atoms with E-state index in [4.69, 9.17) is 4.74 Å². The van der Waals surface area contributed by atoms with Gasteiger partial charge in [0.2, 0.25) is 0 Å². The van der Waals surface area contributed by atoms with E-state index in [1.807, 2.05) is 13.0 Å². The zero-order valence-electron chi connectivity index (χ0n) is 12.7. The Morgan fingerprint density at radius 3 is 2.76 bits per heavy atom. The molecule has 0 fully saturated rings. The molecule has 3 rings (SSSR count). The van der Waals surface area contributed by atoms with Crippen LogP contribution in [0.2, 0.25) is 0 Å². The number of ether oxygens (including phenoxy) is 1. The number of halogens is 1. The van der Waals surface area contributed by atoms with E-state index in [2.05, 4.69) is 31.3 Å². The number of anilines is 1. The number of benzene rings is 2. The van der Waals surface area contributed by atoms with Crippen molar-refractivity contribution in [2.75, 3.05) is 5.32 Å². The van der Waals surface area contributed by atoms with Gasteiger partial charge in [0.15, 0.2) is 0 Å². The molecule has 0 bridgehead atoms. The Balaban J connectivity index is 1.72. The average Bonchev–Trinajstić information content (AvgIpc) is 2.70. The monoisotopic (exact) mass is 285 g/mol. The van der Waals surface area contributed by atoms with Crippen LogP contribution in [0.1, 0.15) is 30.5 Å². The van der Waals surface area contributed by atoms with Crippen LogP contribution in [0, 0.1) is 12.7 Å². The van der Waals surface area contributed by atoms with Gasteiger partial charge in [-0.05, 0) is 61.7 Å². The van der Waals surface area contributed by atoms with Crippen LogP contribution in [0.15, 0.2) is 36.4 Å². The summed E-state index contributed by atoms with van der Waals surface area (Å²) in [6, 6.07) is 11.1. The molecule has 110 valence electrons. The summed E-state index contributed by atoms with van der Waals surface area (Å²) in [6.45, 7) is 6.84. The number of hydrogen-bond acceptors (Lipinski definition) is 2. The topological polar surface area (TPSA) is 21.3 Å². The normalized spacial score (nSPS) is 15.4. The van der Waals surface area contributed by atoms with E-state index in [0.29, 0.717) is 0 Å². The first kappa shape index (κ1) is 13.9. The largest absolute Gasteiger partial charge is 0.487 e. The van der Waals surface area contributed by atoms with Crippen molar-refractivity contribution < 1.29 is 9.13 Å². The summed E-state index contributed by atoms with van der Waals surface area (Å²) in [4.78, 5) is 0. The molecular weight excluding hydrogens is 265 g/mol. The van der Waals surface area contributed by atoms with Gasteiger partial charge in [-0.25, -0.2) is 4.39 Å². The fourth-order valence-electron chi connectivity index (χ4n) is 2.80. The van der Waals surface area contributed by atoms with E-state index in [1.54, 1.807) is 12.1 Å². The molecule has 1 heterocycles. The van der Waals surface area contributed by atoms with Crippen LogP contribution in [0.5, 0.6) is 5.75 Å². The Labute approximate surface area is 125 Å². The predicted molar refractivity (Wildman–Crippen MR) is 83.3 cm³/mol. The standard InChI is InChI=1S/C18H20FNO/c1-12-8-15(19)5-6-16(12)20-11-13-4-7-17-14(9-13)10-18(2,3)21-17/h4-9,20H,10-11H2,1-3H3. The minimum Gasteiger partial charge on any atom is -0.487 e. The molecule has 2 aromatic rings. The first-order chi connectivity index (χ1) is 9.93. The van der Waals surface area contributed by atoms with Crippen molar-refractivity contribution in [1.29, 1.82) is 0 Å². The molecule has 21 heavy (non-hydrogen) atoms. The molecule has 0 atom stereocenters. The maximum atomic E-state index is 13.1. The first-order valence-corrected chi connectivity index (χ1v) is 7.24. The third kappa shape index (κ3) is 3.02. The fourth-order valence-corrected chi connectivity index (χ4v) is 2.80. The third-order valence-corrected chi connectivity index (χ3v) is 3.80. The van der Waals surface area contributed by atoms with E-state index in [1.165, 1.54) is 17.2 Å². The Hall–Kier alpha value is -2.03. The maximum Gasteiger partial charge on any atom is 0.123 e. The maximum absolute atomic E-state index is 13.1. The minimum absolute atomic E-state index is 0.109. The molecule has 0 saturated heterocycles. The van der Waals surface area contributed by atoms with Gasteiger partial charge in [0.1, 0.15) is 17.2 Å². The Bertz CT molecular complexity index is 679. The number of hydrogen-bond donors (Lipinski definition) is 1. The molecule has 1 N–H and O–H groups in total. The highest BCUT2D eigenvalue weighted by molar-refractivity contribution is 5.51. The lowest BCUT2D eigenvalue weighted by atomic mass is 10.0. The second-order valence-electron chi connectivity index (χ2n) is 6.29. The van der Waals surface area contributed by atoms with Crippen LogP contribution < -0.4 is 10.1 Å². The zero-order valence-corrected chi connectivity index (χ0v) is 12.7. The molecule has 0 saturated carbocycles. The van der Waals surface area contributed by atoms with Gasteiger partial charge in [0, 0.05) is 18.7 Å². The zero-order chi connectivity index (χ0) is 15.0. The Morgan fingerprint density at radius 2 is 2.00 bits per heavy atom. The van der Waals surface area contributed by atoms with Gasteiger partial charge >= 0.3 is 0 Å². The van der Waals surface area contributed by atoms with Gasteiger partial charge in [-0.15, -0.1) is 0 Å². The van der Waals surface area contributed by atoms with Crippen molar-refractivity contribution in [2.24, 2.45) is 0 Å². The van der Waals surface area contributed by atoms with E-state index in [9.17, 15) is 4.39 Å². The lowest BCUT2D eigenvalue weighted by molar-refractivity contribution is 0.138. The molecule has 0 amide bonds. The van der Waals surface area contributed by atoms with Crippen molar-refractivity contribution in [3.05, 3.63) is 58.9 Å². The molecule has 1 aliphatic heterocycles. The molecule has 0 radical (unpaired) electrons. The van der Waals surface area contributed by atoms with Gasteiger partial charge in [-0.1, -0.05) is 12.1 Å². The Kier molecular flexibility index (Phi) is 3.36. The van der Waals surface area contributed by atoms with Gasteiger partial charge < -0.3 is 10.1 Å². The highest BCUT2D eigenvalue weighted by Crippen LogP contribution is 2.35. The lowest BCUT2D eigenvalue weighted by Gasteiger charge is -2.16. The second-order valence-corrected chi connectivity index (χ2v) is 6.29. The fraction of sp³-hybridized carbons (Fsp3) is 0.333. The molecule has 0 aromatic heterocycles. The number of aryl methyl sites for hydroxylation is 1. The molecule has 2 nitrogen and oxygen atoms in total. The van der Waals surface area contributed by atoms with Gasteiger partial charge in [-0.2, -0.15) is 0 Å². The molecule has 0 aliphatic carbocycles. The molecule has 0 unspecified atom stereocenters. The highest BCUT2D eigenvalue weighted by Gasteiger charge is 2.29. The molecule has 3 heteroatoms. The molecule has 1 aliphatic rings. The van der Waals surface area contributed by atoms with Crippen LogP contribution in [-0.4, -0.2) is 5.60 Å². The average molecular weight is 285 g/mol. The quantitative estimate of drug-likeness (QED) is 0.899. The van der Waals surface area contributed by atoms with Crippen molar-refractivity contribution in [2.45, 2.75) is 39.3 Å². The SMILES string of the molecule is Cc1cc(F)ccc1NCc1ccc2c(c1)CC(C)(C)O2. The summed E-state index contributed by atoms with van der Waals surface area (Å²) in [6.07, 6.45) is 0.936. The summed E-state index contributed by atoms with van der Waals surface area (Å²) in [5, 5.41) is 3.36. The van der Waals surface area contributed by atoms with Crippen LogP contribution in [0.25, 0.3) is 0 Å². The van der Waals surface area contributed by atoms with Crippen LogP contribution in [0.4, 0.5) is 10.1 Å².